The molecular formula is C16H18BrNO2S. The van der Waals surface area contributed by atoms with Crippen molar-refractivity contribution >= 4 is 33.2 Å². The van der Waals surface area contributed by atoms with Crippen LogP contribution in [0.2, 0.25) is 0 Å². The van der Waals surface area contributed by atoms with Crippen LogP contribution in [0.3, 0.4) is 0 Å². The number of benzene rings is 1. The zero-order valence-corrected chi connectivity index (χ0v) is 14.5. The fourth-order valence-electron chi connectivity index (χ4n) is 2.34. The first kappa shape index (κ1) is 16.2. The lowest BCUT2D eigenvalue weighted by molar-refractivity contribution is -0.149. The molecular weight excluding hydrogens is 350 g/mol. The van der Waals surface area contributed by atoms with Gasteiger partial charge in [0.1, 0.15) is 5.54 Å². The second-order valence-electron chi connectivity index (χ2n) is 4.69. The Hall–Kier alpha value is -1.17. The third-order valence-electron chi connectivity index (χ3n) is 3.53. The summed E-state index contributed by atoms with van der Waals surface area (Å²) in [5, 5.41) is 5.42. The zero-order chi connectivity index (χ0) is 15.3. The predicted octanol–water partition coefficient (Wildman–Crippen LogP) is 4.08. The van der Waals surface area contributed by atoms with Gasteiger partial charge in [-0.3, -0.25) is 5.32 Å². The quantitative estimate of drug-likeness (QED) is 0.781. The largest absolute Gasteiger partial charge is 0.467 e. The van der Waals surface area contributed by atoms with Crippen LogP contribution in [0.4, 0.5) is 0 Å². The van der Waals surface area contributed by atoms with Crippen LogP contribution in [0.5, 0.6) is 0 Å². The number of carbonyl (C=O) groups excluding carboxylic acids is 1. The van der Waals surface area contributed by atoms with Crippen molar-refractivity contribution in [2.75, 3.05) is 7.11 Å². The van der Waals surface area contributed by atoms with Crippen LogP contribution in [-0.2, 0) is 21.6 Å². The number of hydrogen-bond donors (Lipinski definition) is 1. The maximum Gasteiger partial charge on any atom is 0.330 e. The molecule has 0 saturated heterocycles. The highest BCUT2D eigenvalue weighted by atomic mass is 79.9. The maximum atomic E-state index is 12.4. The summed E-state index contributed by atoms with van der Waals surface area (Å²) in [6.45, 7) is 2.62. The number of halogens is 1. The van der Waals surface area contributed by atoms with E-state index >= 15 is 0 Å². The van der Waals surface area contributed by atoms with Gasteiger partial charge in [-0.05, 0) is 35.6 Å². The fourth-order valence-corrected chi connectivity index (χ4v) is 3.39. The number of carbonyl (C=O) groups is 1. The van der Waals surface area contributed by atoms with Crippen LogP contribution < -0.4 is 5.32 Å². The summed E-state index contributed by atoms with van der Waals surface area (Å²) in [4.78, 5) is 13.6. The first-order chi connectivity index (χ1) is 10.1. The minimum absolute atomic E-state index is 0.264. The number of thiophene rings is 1. The average Bonchev–Trinajstić information content (AvgIpc) is 3.01. The molecule has 0 saturated carbocycles. The first-order valence-corrected chi connectivity index (χ1v) is 8.41. The van der Waals surface area contributed by atoms with Gasteiger partial charge in [-0.2, -0.15) is 0 Å². The van der Waals surface area contributed by atoms with Crippen molar-refractivity contribution in [1.29, 1.82) is 0 Å². The molecule has 0 bridgehead atoms. The van der Waals surface area contributed by atoms with Gasteiger partial charge >= 0.3 is 5.97 Å². The lowest BCUT2D eigenvalue weighted by Gasteiger charge is -2.31. The summed E-state index contributed by atoms with van der Waals surface area (Å²) >= 11 is 5.13. The number of esters is 1. The standard InChI is InChI=1S/C16H18BrNO2S/c1-3-16(15(19)20-2,12-6-4-7-13(17)10-12)18-11-14-8-5-9-21-14/h4-10,18H,3,11H2,1-2H3. The molecule has 2 rings (SSSR count). The SMILES string of the molecule is CCC(NCc1cccs1)(C(=O)OC)c1cccc(Br)c1. The molecule has 112 valence electrons. The predicted molar refractivity (Wildman–Crippen MR) is 89.3 cm³/mol. The molecule has 1 unspecified atom stereocenters. The van der Waals surface area contributed by atoms with E-state index in [2.05, 4.69) is 27.3 Å². The number of hydrogen-bond acceptors (Lipinski definition) is 4. The van der Waals surface area contributed by atoms with E-state index in [1.807, 2.05) is 42.6 Å². The van der Waals surface area contributed by atoms with Gasteiger partial charge in [0.05, 0.1) is 7.11 Å². The van der Waals surface area contributed by atoms with E-state index in [4.69, 9.17) is 4.74 Å². The van der Waals surface area contributed by atoms with Gasteiger partial charge in [-0.25, -0.2) is 4.79 Å². The zero-order valence-electron chi connectivity index (χ0n) is 12.1. The number of nitrogens with one attached hydrogen (secondary N) is 1. The minimum Gasteiger partial charge on any atom is -0.467 e. The maximum absolute atomic E-state index is 12.4. The molecule has 0 spiro atoms. The second-order valence-corrected chi connectivity index (χ2v) is 6.64. The van der Waals surface area contributed by atoms with Crippen molar-refractivity contribution in [3.8, 4) is 0 Å². The summed E-state index contributed by atoms with van der Waals surface area (Å²) in [7, 11) is 1.43. The first-order valence-electron chi connectivity index (χ1n) is 6.74. The molecule has 2 aromatic rings. The molecule has 1 heterocycles. The monoisotopic (exact) mass is 367 g/mol. The Balaban J connectivity index is 2.35. The highest BCUT2D eigenvalue weighted by molar-refractivity contribution is 9.10. The van der Waals surface area contributed by atoms with E-state index < -0.39 is 5.54 Å². The molecule has 0 aliphatic rings. The lowest BCUT2D eigenvalue weighted by atomic mass is 9.87. The Bertz CT molecular complexity index is 600. The van der Waals surface area contributed by atoms with E-state index in [0.717, 1.165) is 10.0 Å². The Morgan fingerprint density at radius 2 is 2.19 bits per heavy atom. The minimum atomic E-state index is -0.831. The molecule has 0 aliphatic heterocycles. The van der Waals surface area contributed by atoms with Crippen molar-refractivity contribution in [3.63, 3.8) is 0 Å². The van der Waals surface area contributed by atoms with Crippen molar-refractivity contribution in [1.82, 2.24) is 5.32 Å². The third-order valence-corrected chi connectivity index (χ3v) is 4.90. The number of ether oxygens (including phenoxy) is 1. The lowest BCUT2D eigenvalue weighted by Crippen LogP contribution is -2.49. The molecule has 0 amide bonds. The fraction of sp³-hybridized carbons (Fsp3) is 0.312. The van der Waals surface area contributed by atoms with E-state index in [1.54, 1.807) is 11.3 Å². The average molecular weight is 368 g/mol. The van der Waals surface area contributed by atoms with Crippen molar-refractivity contribution in [3.05, 3.63) is 56.7 Å². The molecule has 1 atom stereocenters. The molecule has 5 heteroatoms. The Morgan fingerprint density at radius 1 is 1.38 bits per heavy atom. The summed E-state index contributed by atoms with van der Waals surface area (Å²) in [6, 6.07) is 11.8. The van der Waals surface area contributed by atoms with Gasteiger partial charge in [0.2, 0.25) is 0 Å². The smallest absolute Gasteiger partial charge is 0.330 e. The highest BCUT2D eigenvalue weighted by Gasteiger charge is 2.39. The van der Waals surface area contributed by atoms with Gasteiger partial charge in [0, 0.05) is 15.9 Å². The van der Waals surface area contributed by atoms with Gasteiger partial charge < -0.3 is 4.74 Å². The van der Waals surface area contributed by atoms with Gasteiger partial charge in [-0.1, -0.05) is 41.1 Å². The van der Waals surface area contributed by atoms with Crippen molar-refractivity contribution < 1.29 is 9.53 Å². The van der Waals surface area contributed by atoms with E-state index in [-0.39, 0.29) is 5.97 Å². The Labute approximate surface area is 137 Å². The van der Waals surface area contributed by atoms with Crippen LogP contribution >= 0.6 is 27.3 Å². The van der Waals surface area contributed by atoms with Crippen LogP contribution in [0.25, 0.3) is 0 Å². The number of methoxy groups -OCH3 is 1. The molecule has 0 aliphatic carbocycles. The third kappa shape index (κ3) is 3.54. The normalized spacial score (nSPS) is 13.7. The van der Waals surface area contributed by atoms with E-state index in [1.165, 1.54) is 12.0 Å². The summed E-state index contributed by atoms with van der Waals surface area (Å²) in [5.74, 6) is -0.264. The molecule has 21 heavy (non-hydrogen) atoms. The van der Waals surface area contributed by atoms with Gasteiger partial charge in [0.25, 0.3) is 0 Å². The van der Waals surface area contributed by atoms with Gasteiger partial charge in [-0.15, -0.1) is 11.3 Å². The van der Waals surface area contributed by atoms with Crippen LogP contribution in [0, 0.1) is 0 Å². The van der Waals surface area contributed by atoms with E-state index in [0.29, 0.717) is 13.0 Å². The second kappa shape index (κ2) is 7.20. The van der Waals surface area contributed by atoms with Crippen molar-refractivity contribution in [2.24, 2.45) is 0 Å². The molecule has 1 aromatic heterocycles. The van der Waals surface area contributed by atoms with Crippen LogP contribution in [0.1, 0.15) is 23.8 Å². The van der Waals surface area contributed by atoms with Crippen LogP contribution in [-0.4, -0.2) is 13.1 Å². The van der Waals surface area contributed by atoms with E-state index in [9.17, 15) is 4.79 Å². The Kier molecular flexibility index (Phi) is 5.56. The molecule has 0 fully saturated rings. The summed E-state index contributed by atoms with van der Waals surface area (Å²) < 4.78 is 6.00. The number of rotatable bonds is 6. The topological polar surface area (TPSA) is 38.3 Å². The van der Waals surface area contributed by atoms with Gasteiger partial charge in [0.15, 0.2) is 0 Å². The van der Waals surface area contributed by atoms with Crippen LogP contribution in [0.15, 0.2) is 46.3 Å². The molecule has 1 aromatic carbocycles. The van der Waals surface area contributed by atoms with Crippen molar-refractivity contribution in [2.45, 2.75) is 25.4 Å². The molecule has 1 N–H and O–H groups in total. The molecule has 0 radical (unpaired) electrons. The highest BCUT2D eigenvalue weighted by Crippen LogP contribution is 2.29. The summed E-state index contributed by atoms with van der Waals surface area (Å²) in [5.41, 5.74) is 0.0745. The Morgan fingerprint density at radius 3 is 2.76 bits per heavy atom. The molecule has 3 nitrogen and oxygen atoms in total. The summed E-state index contributed by atoms with van der Waals surface area (Å²) in [6.07, 6.45) is 0.613.